The molecule has 3 aromatic rings. The minimum Gasteiger partial charge on any atom is -0.320 e. The van der Waals surface area contributed by atoms with Gasteiger partial charge in [0.2, 0.25) is 5.43 Å². The van der Waals surface area contributed by atoms with E-state index in [0.717, 1.165) is 16.3 Å². The normalized spacial score (nSPS) is 10.9. The Morgan fingerprint density at radius 3 is 2.67 bits per heavy atom. The molecule has 3 rings (SSSR count). The molecule has 0 spiro atoms. The van der Waals surface area contributed by atoms with Crippen molar-refractivity contribution >= 4 is 16.3 Å². The first-order chi connectivity index (χ1) is 7.36. The highest BCUT2D eigenvalue weighted by molar-refractivity contribution is 5.84. The molecule has 0 radical (unpaired) electrons. The average Bonchev–Trinajstić information content (AvgIpc) is 2.69. The Balaban J connectivity index is 2.71. The summed E-state index contributed by atoms with van der Waals surface area (Å²) < 4.78 is 1.85. The molecule has 2 nitrogen and oxygen atoms in total. The third kappa shape index (κ3) is 1.15. The number of nitrogens with zero attached hydrogens (tertiary/aromatic N) is 1. The molecule has 0 unspecified atom stereocenters. The van der Waals surface area contributed by atoms with Gasteiger partial charge in [-0.1, -0.05) is 24.3 Å². The van der Waals surface area contributed by atoms with E-state index in [1.807, 2.05) is 59.3 Å². The van der Waals surface area contributed by atoms with Gasteiger partial charge in [-0.3, -0.25) is 4.79 Å². The van der Waals surface area contributed by atoms with Gasteiger partial charge in [-0.2, -0.15) is 0 Å². The Hall–Kier alpha value is -2.09. The van der Waals surface area contributed by atoms with Gasteiger partial charge in [0.15, 0.2) is 0 Å². The van der Waals surface area contributed by atoms with Crippen molar-refractivity contribution in [3.63, 3.8) is 0 Å². The van der Waals surface area contributed by atoms with Gasteiger partial charge in [-0.25, -0.2) is 0 Å². The molecule has 15 heavy (non-hydrogen) atoms. The molecule has 0 saturated heterocycles. The van der Waals surface area contributed by atoms with Crippen LogP contribution >= 0.6 is 0 Å². The quantitative estimate of drug-likeness (QED) is 0.540. The summed E-state index contributed by atoms with van der Waals surface area (Å²) >= 11 is 0. The Kier molecular flexibility index (Phi) is 1.62. The second kappa shape index (κ2) is 2.95. The minimum absolute atomic E-state index is 0.0839. The number of hydrogen-bond acceptors (Lipinski definition) is 1. The van der Waals surface area contributed by atoms with Crippen LogP contribution in [0.5, 0.6) is 0 Å². The Morgan fingerprint density at radius 1 is 0.867 bits per heavy atom. The third-order valence-electron chi connectivity index (χ3n) is 2.63. The summed E-state index contributed by atoms with van der Waals surface area (Å²) in [4.78, 5) is 12.1. The Bertz CT molecular complexity index is 697. The summed E-state index contributed by atoms with van der Waals surface area (Å²) in [7, 11) is 0. The summed E-state index contributed by atoms with van der Waals surface area (Å²) in [5.74, 6) is 0. The number of aromatic nitrogens is 1. The largest absolute Gasteiger partial charge is 0.320 e. The van der Waals surface area contributed by atoms with Crippen molar-refractivity contribution in [2.75, 3.05) is 0 Å². The molecule has 72 valence electrons. The monoisotopic (exact) mass is 195 g/mol. The van der Waals surface area contributed by atoms with E-state index in [4.69, 9.17) is 0 Å². The van der Waals surface area contributed by atoms with Crippen LogP contribution in [0, 0.1) is 0 Å². The minimum atomic E-state index is 0.0839. The number of rotatable bonds is 0. The summed E-state index contributed by atoms with van der Waals surface area (Å²) in [6.07, 6.45) is 3.80. The zero-order valence-corrected chi connectivity index (χ0v) is 8.05. The Morgan fingerprint density at radius 2 is 1.73 bits per heavy atom. The predicted octanol–water partition coefficient (Wildman–Crippen LogP) is 2.45. The summed E-state index contributed by atoms with van der Waals surface area (Å²) in [6.45, 7) is 0. The molecule has 0 fully saturated rings. The summed E-state index contributed by atoms with van der Waals surface area (Å²) in [6, 6.07) is 13.3. The molecule has 0 amide bonds. The van der Waals surface area contributed by atoms with Crippen molar-refractivity contribution in [1.29, 1.82) is 0 Å². The molecule has 0 atom stereocenters. The fraction of sp³-hybridized carbons (Fsp3) is 0. The third-order valence-corrected chi connectivity index (χ3v) is 2.63. The highest BCUT2D eigenvalue weighted by Gasteiger charge is 2.00. The van der Waals surface area contributed by atoms with Crippen molar-refractivity contribution in [3.05, 3.63) is 65.1 Å². The topological polar surface area (TPSA) is 21.5 Å². The van der Waals surface area contributed by atoms with Gasteiger partial charge in [0, 0.05) is 17.8 Å². The van der Waals surface area contributed by atoms with Gasteiger partial charge in [-0.05, 0) is 23.6 Å². The van der Waals surface area contributed by atoms with Crippen LogP contribution in [0.15, 0.2) is 59.7 Å². The molecule has 2 aromatic heterocycles. The van der Waals surface area contributed by atoms with Crippen molar-refractivity contribution < 1.29 is 0 Å². The lowest BCUT2D eigenvalue weighted by molar-refractivity contribution is 1.21. The first-order valence-corrected chi connectivity index (χ1v) is 4.85. The van der Waals surface area contributed by atoms with Crippen molar-refractivity contribution in [1.82, 2.24) is 4.40 Å². The molecular formula is C13H9NO. The number of hydrogen-bond donors (Lipinski definition) is 0. The van der Waals surface area contributed by atoms with Crippen LogP contribution in [0.25, 0.3) is 16.3 Å². The van der Waals surface area contributed by atoms with Gasteiger partial charge < -0.3 is 4.40 Å². The fourth-order valence-corrected chi connectivity index (χ4v) is 1.86. The van der Waals surface area contributed by atoms with Crippen molar-refractivity contribution in [2.24, 2.45) is 0 Å². The van der Waals surface area contributed by atoms with Crippen LogP contribution < -0.4 is 5.43 Å². The van der Waals surface area contributed by atoms with Crippen LogP contribution in [0.1, 0.15) is 0 Å². The van der Waals surface area contributed by atoms with E-state index in [1.165, 1.54) is 0 Å². The SMILES string of the molecule is O=c1c2ccccc2ccn2cccc12. The van der Waals surface area contributed by atoms with Gasteiger partial charge in [-0.15, -0.1) is 0 Å². The maximum atomic E-state index is 12.1. The van der Waals surface area contributed by atoms with E-state index < -0.39 is 0 Å². The first kappa shape index (κ1) is 8.24. The lowest BCUT2D eigenvalue weighted by Gasteiger charge is -1.87. The first-order valence-electron chi connectivity index (χ1n) is 4.85. The van der Waals surface area contributed by atoms with E-state index >= 15 is 0 Å². The highest BCUT2D eigenvalue weighted by atomic mass is 16.1. The standard InChI is InChI=1S/C13H9NO/c15-13-11-5-2-1-4-10(11)7-9-14-8-3-6-12(13)14/h1-9H. The fourth-order valence-electron chi connectivity index (χ4n) is 1.86. The lowest BCUT2D eigenvalue weighted by atomic mass is 10.2. The van der Waals surface area contributed by atoms with Crippen LogP contribution in [0.4, 0.5) is 0 Å². The summed E-state index contributed by atoms with van der Waals surface area (Å²) in [5, 5.41) is 1.75. The zero-order valence-electron chi connectivity index (χ0n) is 8.05. The molecule has 0 aliphatic carbocycles. The number of benzene rings is 1. The molecule has 0 N–H and O–H groups in total. The lowest BCUT2D eigenvalue weighted by Crippen LogP contribution is -1.99. The van der Waals surface area contributed by atoms with Gasteiger partial charge >= 0.3 is 0 Å². The molecule has 0 aliphatic heterocycles. The molecule has 2 heterocycles. The van der Waals surface area contributed by atoms with Crippen LogP contribution in [-0.4, -0.2) is 4.40 Å². The summed E-state index contributed by atoms with van der Waals surface area (Å²) in [5.41, 5.74) is 0.803. The van der Waals surface area contributed by atoms with E-state index in [-0.39, 0.29) is 5.43 Å². The molecular weight excluding hydrogens is 186 g/mol. The molecule has 0 aliphatic rings. The average molecular weight is 195 g/mol. The number of fused-ring (bicyclic) bond motifs is 2. The maximum absolute atomic E-state index is 12.1. The Labute approximate surface area is 86.4 Å². The van der Waals surface area contributed by atoms with E-state index in [0.29, 0.717) is 0 Å². The predicted molar refractivity (Wildman–Crippen MR) is 61.2 cm³/mol. The second-order valence-electron chi connectivity index (χ2n) is 3.53. The van der Waals surface area contributed by atoms with Crippen LogP contribution in [0.2, 0.25) is 0 Å². The zero-order chi connectivity index (χ0) is 10.3. The molecule has 1 aromatic carbocycles. The molecule has 0 bridgehead atoms. The van der Waals surface area contributed by atoms with Crippen molar-refractivity contribution in [2.45, 2.75) is 0 Å². The van der Waals surface area contributed by atoms with Gasteiger partial charge in [0.05, 0.1) is 5.52 Å². The van der Waals surface area contributed by atoms with Crippen LogP contribution in [0.3, 0.4) is 0 Å². The van der Waals surface area contributed by atoms with Crippen molar-refractivity contribution in [3.8, 4) is 0 Å². The second-order valence-corrected chi connectivity index (χ2v) is 3.53. The van der Waals surface area contributed by atoms with E-state index in [2.05, 4.69) is 0 Å². The van der Waals surface area contributed by atoms with E-state index in [1.54, 1.807) is 0 Å². The molecule has 0 saturated carbocycles. The van der Waals surface area contributed by atoms with Gasteiger partial charge in [0.25, 0.3) is 0 Å². The van der Waals surface area contributed by atoms with Gasteiger partial charge in [0.1, 0.15) is 0 Å². The van der Waals surface area contributed by atoms with Crippen LogP contribution in [-0.2, 0) is 0 Å². The molecule has 2 heteroatoms. The smallest absolute Gasteiger partial charge is 0.210 e. The van der Waals surface area contributed by atoms with E-state index in [9.17, 15) is 4.79 Å². The maximum Gasteiger partial charge on any atom is 0.210 e. The highest BCUT2D eigenvalue weighted by Crippen LogP contribution is 2.09.